The highest BCUT2D eigenvalue weighted by molar-refractivity contribution is 5.94. The van der Waals surface area contributed by atoms with Crippen molar-refractivity contribution in [2.75, 3.05) is 19.0 Å². The Balaban J connectivity index is 1.67. The van der Waals surface area contributed by atoms with Crippen molar-refractivity contribution < 1.29 is 4.79 Å². The van der Waals surface area contributed by atoms with Crippen LogP contribution in [0.25, 0.3) is 5.69 Å². The molecule has 0 unspecified atom stereocenters. The van der Waals surface area contributed by atoms with Crippen LogP contribution in [-0.2, 0) is 6.54 Å². The second kappa shape index (κ2) is 7.17. The summed E-state index contributed by atoms with van der Waals surface area (Å²) >= 11 is 0. The van der Waals surface area contributed by atoms with Gasteiger partial charge in [0, 0.05) is 43.4 Å². The van der Waals surface area contributed by atoms with Gasteiger partial charge in [0.2, 0.25) is 5.95 Å². The van der Waals surface area contributed by atoms with Crippen LogP contribution >= 0.6 is 0 Å². The van der Waals surface area contributed by atoms with Gasteiger partial charge < -0.3 is 14.8 Å². The molecule has 6 heteroatoms. The number of rotatable bonds is 5. The van der Waals surface area contributed by atoms with Crippen LogP contribution in [0.4, 0.5) is 5.95 Å². The molecule has 1 N–H and O–H groups in total. The number of benzene rings is 1. The molecule has 25 heavy (non-hydrogen) atoms. The fraction of sp³-hybridized carbons (Fsp3) is 0.211. The first-order valence-electron chi connectivity index (χ1n) is 8.06. The summed E-state index contributed by atoms with van der Waals surface area (Å²) in [6.45, 7) is 2.28. The van der Waals surface area contributed by atoms with Crippen LogP contribution in [0.2, 0.25) is 0 Å². The van der Waals surface area contributed by atoms with E-state index in [9.17, 15) is 4.79 Å². The number of nitrogens with one attached hydrogen (secondary N) is 1. The Bertz CT molecular complexity index is 854. The quantitative estimate of drug-likeness (QED) is 0.778. The Morgan fingerprint density at radius 3 is 2.44 bits per heavy atom. The third-order valence-electron chi connectivity index (χ3n) is 3.76. The molecule has 2 heterocycles. The van der Waals surface area contributed by atoms with Gasteiger partial charge in [0.1, 0.15) is 0 Å². The third-order valence-corrected chi connectivity index (χ3v) is 3.76. The molecule has 0 aliphatic carbocycles. The average Bonchev–Trinajstić information content (AvgIpc) is 3.14. The molecule has 0 fully saturated rings. The van der Waals surface area contributed by atoms with Crippen molar-refractivity contribution in [3.05, 3.63) is 71.8 Å². The number of hydrogen-bond donors (Lipinski definition) is 1. The van der Waals surface area contributed by atoms with Crippen LogP contribution in [0.3, 0.4) is 0 Å². The van der Waals surface area contributed by atoms with Gasteiger partial charge in [0.05, 0.1) is 12.2 Å². The van der Waals surface area contributed by atoms with Gasteiger partial charge in [-0.1, -0.05) is 0 Å². The molecule has 0 saturated carbocycles. The number of carbonyl (C=O) groups is 1. The van der Waals surface area contributed by atoms with E-state index < -0.39 is 0 Å². The number of aromatic nitrogens is 3. The largest absolute Gasteiger partial charge is 0.347 e. The van der Waals surface area contributed by atoms with Gasteiger partial charge in [-0.2, -0.15) is 0 Å². The fourth-order valence-electron chi connectivity index (χ4n) is 2.47. The summed E-state index contributed by atoms with van der Waals surface area (Å²) in [6, 6.07) is 13.3. The molecule has 1 amide bonds. The van der Waals surface area contributed by atoms with Gasteiger partial charge >= 0.3 is 0 Å². The first-order valence-corrected chi connectivity index (χ1v) is 8.06. The third kappa shape index (κ3) is 4.03. The molecule has 2 aromatic heterocycles. The highest BCUT2D eigenvalue weighted by atomic mass is 16.1. The highest BCUT2D eigenvalue weighted by Gasteiger charge is 2.08. The first-order chi connectivity index (χ1) is 12.0. The van der Waals surface area contributed by atoms with E-state index in [4.69, 9.17) is 0 Å². The molecule has 0 aliphatic rings. The molecular weight excluding hydrogens is 314 g/mol. The summed E-state index contributed by atoms with van der Waals surface area (Å²) in [7, 11) is 3.78. The second-order valence-electron chi connectivity index (χ2n) is 6.01. The smallest absolute Gasteiger partial charge is 0.251 e. The van der Waals surface area contributed by atoms with Gasteiger partial charge in [-0.15, -0.1) is 0 Å². The Morgan fingerprint density at radius 1 is 1.12 bits per heavy atom. The van der Waals surface area contributed by atoms with Gasteiger partial charge in [-0.05, 0) is 49.4 Å². The van der Waals surface area contributed by atoms with E-state index in [2.05, 4.69) is 15.3 Å². The van der Waals surface area contributed by atoms with E-state index in [1.165, 1.54) is 0 Å². The molecule has 0 spiro atoms. The first kappa shape index (κ1) is 16.7. The molecule has 3 rings (SSSR count). The Kier molecular flexibility index (Phi) is 4.79. The van der Waals surface area contributed by atoms with Crippen LogP contribution in [0.1, 0.15) is 21.7 Å². The Labute approximate surface area is 147 Å². The number of carbonyl (C=O) groups excluding carboxylic acids is 1. The normalized spacial score (nSPS) is 10.5. The highest BCUT2D eigenvalue weighted by Crippen LogP contribution is 2.11. The number of anilines is 1. The lowest BCUT2D eigenvalue weighted by Crippen LogP contribution is -2.24. The fourth-order valence-corrected chi connectivity index (χ4v) is 2.47. The van der Waals surface area contributed by atoms with Gasteiger partial charge in [-0.25, -0.2) is 9.97 Å². The minimum atomic E-state index is -0.123. The Hall–Kier alpha value is -3.15. The van der Waals surface area contributed by atoms with E-state index in [0.717, 1.165) is 17.1 Å². The maximum atomic E-state index is 12.3. The van der Waals surface area contributed by atoms with Crippen molar-refractivity contribution in [3.8, 4) is 5.69 Å². The van der Waals surface area contributed by atoms with Crippen molar-refractivity contribution >= 4 is 11.9 Å². The van der Waals surface area contributed by atoms with Crippen LogP contribution < -0.4 is 10.2 Å². The summed E-state index contributed by atoms with van der Waals surface area (Å²) < 4.78 is 1.99. The van der Waals surface area contributed by atoms with E-state index in [1.54, 1.807) is 0 Å². The molecule has 0 saturated heterocycles. The zero-order chi connectivity index (χ0) is 17.8. The molecule has 0 aliphatic heterocycles. The summed E-state index contributed by atoms with van der Waals surface area (Å²) in [5.41, 5.74) is 3.30. The topological polar surface area (TPSA) is 63.1 Å². The lowest BCUT2D eigenvalue weighted by Gasteiger charge is -2.13. The molecule has 0 atom stereocenters. The molecule has 3 aromatic rings. The maximum absolute atomic E-state index is 12.3. The van der Waals surface area contributed by atoms with Gasteiger partial charge in [0.25, 0.3) is 5.91 Å². The van der Waals surface area contributed by atoms with Crippen molar-refractivity contribution in [1.82, 2.24) is 19.9 Å². The maximum Gasteiger partial charge on any atom is 0.251 e. The van der Waals surface area contributed by atoms with E-state index in [0.29, 0.717) is 18.1 Å². The summed E-state index contributed by atoms with van der Waals surface area (Å²) in [5.74, 6) is 0.516. The van der Waals surface area contributed by atoms with Gasteiger partial charge in [0.15, 0.2) is 0 Å². The number of hydrogen-bond acceptors (Lipinski definition) is 4. The van der Waals surface area contributed by atoms with Crippen LogP contribution in [0.15, 0.2) is 54.9 Å². The van der Waals surface area contributed by atoms with Gasteiger partial charge in [-0.3, -0.25) is 4.79 Å². The Morgan fingerprint density at radius 2 is 1.80 bits per heavy atom. The van der Waals surface area contributed by atoms with Crippen molar-refractivity contribution in [3.63, 3.8) is 0 Å². The minimum Gasteiger partial charge on any atom is -0.347 e. The standard InChI is InChI=1S/C19H21N5O/c1-14-12-16(22-19(21-14)23(2)3)13-20-18(25)15-6-8-17(9-7-15)24-10-4-5-11-24/h4-12H,13H2,1-3H3,(H,20,25). The number of aryl methyl sites for hydroxylation is 1. The van der Waals surface area contributed by atoms with Crippen LogP contribution in [0.5, 0.6) is 0 Å². The molecule has 6 nitrogen and oxygen atoms in total. The molecule has 0 bridgehead atoms. The molecular formula is C19H21N5O. The monoisotopic (exact) mass is 335 g/mol. The molecule has 0 radical (unpaired) electrons. The summed E-state index contributed by atoms with van der Waals surface area (Å²) in [5, 5.41) is 2.91. The summed E-state index contributed by atoms with van der Waals surface area (Å²) in [6.07, 6.45) is 3.93. The van der Waals surface area contributed by atoms with Crippen molar-refractivity contribution in [1.29, 1.82) is 0 Å². The van der Waals surface area contributed by atoms with Crippen LogP contribution in [-0.4, -0.2) is 34.5 Å². The second-order valence-corrected chi connectivity index (χ2v) is 6.01. The predicted molar refractivity (Wildman–Crippen MR) is 98.0 cm³/mol. The average molecular weight is 335 g/mol. The molecule has 128 valence electrons. The number of nitrogens with zero attached hydrogens (tertiary/aromatic N) is 4. The van der Waals surface area contributed by atoms with E-state index >= 15 is 0 Å². The van der Waals surface area contributed by atoms with Crippen molar-refractivity contribution in [2.45, 2.75) is 13.5 Å². The van der Waals surface area contributed by atoms with Crippen molar-refractivity contribution in [2.24, 2.45) is 0 Å². The van der Waals surface area contributed by atoms with E-state index in [-0.39, 0.29) is 5.91 Å². The van der Waals surface area contributed by atoms with Crippen LogP contribution in [0, 0.1) is 6.92 Å². The number of amides is 1. The molecule has 1 aromatic carbocycles. The summed E-state index contributed by atoms with van der Waals surface area (Å²) in [4.78, 5) is 23.0. The SMILES string of the molecule is Cc1cc(CNC(=O)c2ccc(-n3cccc3)cc2)nc(N(C)C)n1. The minimum absolute atomic E-state index is 0.123. The zero-order valence-corrected chi connectivity index (χ0v) is 14.6. The zero-order valence-electron chi connectivity index (χ0n) is 14.6. The lowest BCUT2D eigenvalue weighted by molar-refractivity contribution is 0.0950. The predicted octanol–water partition coefficient (Wildman–Crippen LogP) is 2.57. The van der Waals surface area contributed by atoms with E-state index in [1.807, 2.05) is 85.3 Å². The lowest BCUT2D eigenvalue weighted by atomic mass is 10.2.